The molecule has 3 atom stereocenters. The third-order valence-corrected chi connectivity index (χ3v) is 8.61. The molecule has 0 saturated carbocycles. The number of nitrogens with zero attached hydrogens (tertiary/aromatic N) is 6. The molecule has 0 fully saturated rings. The van der Waals surface area contributed by atoms with E-state index in [1.807, 2.05) is 50.2 Å². The number of nitrogens with one attached hydrogen (secondary N) is 3. The van der Waals surface area contributed by atoms with Gasteiger partial charge in [0.2, 0.25) is 35.3 Å². The first-order valence-electron chi connectivity index (χ1n) is 17.4. The van der Waals surface area contributed by atoms with E-state index in [-0.39, 0.29) is 60.3 Å². The second-order valence-electron chi connectivity index (χ2n) is 13.3. The molecule has 1 aromatic carbocycles. The molecule has 0 saturated heterocycles. The fourth-order valence-electron chi connectivity index (χ4n) is 5.94. The number of aromatic nitrogens is 5. The van der Waals surface area contributed by atoms with Crippen molar-refractivity contribution in [3.63, 3.8) is 0 Å². The molecule has 3 N–H and O–H groups in total. The highest BCUT2D eigenvalue weighted by Crippen LogP contribution is 2.24. The van der Waals surface area contributed by atoms with Gasteiger partial charge in [0.1, 0.15) is 24.1 Å². The van der Waals surface area contributed by atoms with Crippen LogP contribution in [0, 0.1) is 12.8 Å². The zero-order chi connectivity index (χ0) is 37.5. The molecule has 16 heteroatoms. The van der Waals surface area contributed by atoms with E-state index in [0.717, 1.165) is 0 Å². The number of aryl methyl sites for hydroxylation is 2. The second-order valence-corrected chi connectivity index (χ2v) is 13.3. The van der Waals surface area contributed by atoms with Crippen LogP contribution in [0.15, 0.2) is 74.5 Å². The predicted molar refractivity (Wildman–Crippen MR) is 188 cm³/mol. The molecule has 0 aliphatic carbocycles. The Hall–Kier alpha value is -6.19. The summed E-state index contributed by atoms with van der Waals surface area (Å²) in [7, 11) is 0. The minimum atomic E-state index is -0.741. The maximum absolute atomic E-state index is 14.0. The van der Waals surface area contributed by atoms with Gasteiger partial charge in [-0.05, 0) is 50.3 Å². The van der Waals surface area contributed by atoms with Crippen LogP contribution in [0.4, 0.5) is 0 Å². The standard InChI is InChI=1S/C37H41N9O7/c1-21(2)16-26-37-42-28(20-51-37)34(49)39-22(3)36-44-32(23(4)52-36)35(50)41-27(24-10-6-5-7-11-24)18-46(19-29(47)40-26)31(48)14-8-13-30-43-33(45-53-30)25-12-9-15-38-17-25/h5-7,9-12,15,17,20-22,26-27H,8,13-14,16,18-19H2,1-4H3,(H,39,49)(H,40,47)(H,41,50)/t22-,26+,27+/m0/s1. The van der Waals surface area contributed by atoms with E-state index in [4.69, 9.17) is 13.4 Å². The first kappa shape index (κ1) is 36.6. The van der Waals surface area contributed by atoms with Crippen molar-refractivity contribution in [3.05, 3.63) is 102 Å². The number of pyridine rings is 1. The van der Waals surface area contributed by atoms with E-state index in [1.165, 1.54) is 11.2 Å². The van der Waals surface area contributed by atoms with E-state index < -0.39 is 35.8 Å². The summed E-state index contributed by atoms with van der Waals surface area (Å²) in [5.41, 5.74) is 1.42. The van der Waals surface area contributed by atoms with E-state index in [0.29, 0.717) is 42.1 Å². The Kier molecular flexibility index (Phi) is 11.3. The van der Waals surface area contributed by atoms with Gasteiger partial charge in [-0.15, -0.1) is 0 Å². The minimum Gasteiger partial charge on any atom is -0.446 e. The van der Waals surface area contributed by atoms with Gasteiger partial charge in [0, 0.05) is 37.3 Å². The summed E-state index contributed by atoms with van der Waals surface area (Å²) in [5, 5.41) is 12.7. The zero-order valence-corrected chi connectivity index (χ0v) is 29.9. The van der Waals surface area contributed by atoms with Crippen molar-refractivity contribution >= 4 is 23.6 Å². The molecule has 1 aliphatic rings. The third kappa shape index (κ3) is 9.19. The van der Waals surface area contributed by atoms with Gasteiger partial charge in [-0.2, -0.15) is 4.98 Å². The van der Waals surface area contributed by atoms with Gasteiger partial charge in [0.05, 0.1) is 12.6 Å². The molecular weight excluding hydrogens is 682 g/mol. The third-order valence-electron chi connectivity index (χ3n) is 8.61. The highest BCUT2D eigenvalue weighted by Gasteiger charge is 2.30. The van der Waals surface area contributed by atoms with E-state index in [9.17, 15) is 19.2 Å². The van der Waals surface area contributed by atoms with Crippen molar-refractivity contribution in [2.24, 2.45) is 5.92 Å². The first-order chi connectivity index (χ1) is 25.5. The number of oxazole rings is 2. The lowest BCUT2D eigenvalue weighted by Crippen LogP contribution is -2.46. The van der Waals surface area contributed by atoms with Crippen molar-refractivity contribution in [2.75, 3.05) is 13.1 Å². The highest BCUT2D eigenvalue weighted by atomic mass is 16.5. The number of carbonyl (C=O) groups excluding carboxylic acids is 4. The van der Waals surface area contributed by atoms with Crippen molar-refractivity contribution in [3.8, 4) is 11.4 Å². The van der Waals surface area contributed by atoms with Crippen LogP contribution in [0.1, 0.15) is 108 Å². The molecule has 5 heterocycles. The lowest BCUT2D eigenvalue weighted by Gasteiger charge is -2.29. The summed E-state index contributed by atoms with van der Waals surface area (Å²) in [6.45, 7) is 6.85. The number of fused-ring (bicyclic) bond motifs is 4. The molecule has 6 rings (SSSR count). The molecule has 53 heavy (non-hydrogen) atoms. The number of carbonyl (C=O) groups is 4. The zero-order valence-electron chi connectivity index (χ0n) is 29.9. The predicted octanol–water partition coefficient (Wildman–Crippen LogP) is 4.45. The van der Waals surface area contributed by atoms with Crippen LogP contribution in [0.3, 0.4) is 0 Å². The number of amides is 4. The van der Waals surface area contributed by atoms with Crippen molar-refractivity contribution in [2.45, 2.75) is 71.5 Å². The average molecular weight is 724 g/mol. The maximum Gasteiger partial charge on any atom is 0.274 e. The molecule has 0 spiro atoms. The van der Waals surface area contributed by atoms with Crippen molar-refractivity contribution in [1.82, 2.24) is 45.9 Å². The molecule has 1 aliphatic heterocycles. The highest BCUT2D eigenvalue weighted by molar-refractivity contribution is 5.94. The molecule has 4 amide bonds. The summed E-state index contributed by atoms with van der Waals surface area (Å²) in [5.74, 6) is -0.541. The number of hydrogen-bond donors (Lipinski definition) is 3. The minimum absolute atomic E-state index is 0.00599. The van der Waals surface area contributed by atoms with E-state index in [1.54, 1.807) is 32.3 Å². The first-order valence-corrected chi connectivity index (χ1v) is 17.4. The Morgan fingerprint density at radius 2 is 1.79 bits per heavy atom. The fraction of sp³-hybridized carbons (Fsp3) is 0.378. The Morgan fingerprint density at radius 3 is 2.55 bits per heavy atom. The summed E-state index contributed by atoms with van der Waals surface area (Å²) >= 11 is 0. The van der Waals surface area contributed by atoms with Crippen LogP contribution in [0.5, 0.6) is 0 Å². The van der Waals surface area contributed by atoms with Gasteiger partial charge in [0.25, 0.3) is 11.8 Å². The van der Waals surface area contributed by atoms with Crippen LogP contribution >= 0.6 is 0 Å². The number of benzene rings is 1. The topological polar surface area (TPSA) is 211 Å². The molecule has 16 nitrogen and oxygen atoms in total. The average Bonchev–Trinajstić information content (AvgIpc) is 3.91. The van der Waals surface area contributed by atoms with Crippen LogP contribution in [-0.2, 0) is 16.0 Å². The smallest absolute Gasteiger partial charge is 0.274 e. The van der Waals surface area contributed by atoms with Gasteiger partial charge in [-0.25, -0.2) is 9.97 Å². The van der Waals surface area contributed by atoms with Gasteiger partial charge in [-0.3, -0.25) is 24.2 Å². The molecule has 276 valence electrons. The largest absolute Gasteiger partial charge is 0.446 e. The van der Waals surface area contributed by atoms with Crippen LogP contribution < -0.4 is 16.0 Å². The van der Waals surface area contributed by atoms with Gasteiger partial charge >= 0.3 is 0 Å². The lowest BCUT2D eigenvalue weighted by molar-refractivity contribution is -0.136. The Balaban J connectivity index is 1.29. The van der Waals surface area contributed by atoms with E-state index >= 15 is 0 Å². The Bertz CT molecular complexity index is 2040. The van der Waals surface area contributed by atoms with E-state index in [2.05, 4.69) is 41.0 Å². The second kappa shape index (κ2) is 16.4. The van der Waals surface area contributed by atoms with Gasteiger partial charge < -0.3 is 34.2 Å². The molecule has 0 radical (unpaired) electrons. The summed E-state index contributed by atoms with van der Waals surface area (Å²) in [4.78, 5) is 73.4. The molecule has 4 aromatic heterocycles. The fourth-order valence-corrected chi connectivity index (χ4v) is 5.94. The number of rotatable bonds is 8. The van der Waals surface area contributed by atoms with Gasteiger partial charge in [0.15, 0.2) is 11.4 Å². The maximum atomic E-state index is 14.0. The molecule has 4 bridgehead atoms. The van der Waals surface area contributed by atoms with Gasteiger partial charge in [-0.1, -0.05) is 49.3 Å². The van der Waals surface area contributed by atoms with Crippen molar-refractivity contribution < 1.29 is 32.5 Å². The van der Waals surface area contributed by atoms with Crippen LogP contribution in [-0.4, -0.2) is 66.7 Å². The lowest BCUT2D eigenvalue weighted by atomic mass is 10.0. The van der Waals surface area contributed by atoms with Crippen LogP contribution in [0.25, 0.3) is 11.4 Å². The van der Waals surface area contributed by atoms with Crippen LogP contribution in [0.2, 0.25) is 0 Å². The quantitative estimate of drug-likeness (QED) is 0.203. The molecular formula is C37H41N9O7. The normalized spacial score (nSPS) is 18.5. The Morgan fingerprint density at radius 1 is 0.981 bits per heavy atom. The summed E-state index contributed by atoms with van der Waals surface area (Å²) < 4.78 is 16.9. The molecule has 0 unspecified atom stereocenters. The van der Waals surface area contributed by atoms with Crippen molar-refractivity contribution in [1.29, 1.82) is 0 Å². The molecule has 5 aromatic rings. The summed E-state index contributed by atoms with van der Waals surface area (Å²) in [6.07, 6.45) is 5.66. The summed E-state index contributed by atoms with van der Waals surface area (Å²) in [6, 6.07) is 10.6. The SMILES string of the molecule is Cc1oc2nc1C(=O)N[C@@H](c1ccccc1)CN(C(=O)CCCc1nc(-c3cccnc3)no1)CC(=O)N[C@H](CC(C)C)c1nc(co1)C(=O)N[C@H]2C. The monoisotopic (exact) mass is 723 g/mol. The number of hydrogen-bond acceptors (Lipinski definition) is 12. The Labute approximate surface area is 305 Å².